The SMILES string of the molecule is CCN(CC)S(=O)(=O)c1ccc(OC)c(Nc2nc(Nc3ccc4c(c3)NC(=O)C(C)(C)O4)cc(C(=O)OC)n2)c1. The lowest BCUT2D eigenvalue weighted by Crippen LogP contribution is -2.45. The molecule has 0 bridgehead atoms. The molecule has 1 aliphatic rings. The molecular weight excluding hydrogens is 552 g/mol. The number of nitrogens with one attached hydrogen (secondary N) is 3. The summed E-state index contributed by atoms with van der Waals surface area (Å²) in [5.41, 5.74) is 0.210. The van der Waals surface area contributed by atoms with Gasteiger partial charge < -0.3 is 30.2 Å². The fraction of sp³-hybridized carbons (Fsp3) is 0.333. The van der Waals surface area contributed by atoms with E-state index in [4.69, 9.17) is 14.2 Å². The van der Waals surface area contributed by atoms with E-state index in [9.17, 15) is 18.0 Å². The van der Waals surface area contributed by atoms with Gasteiger partial charge in [-0.1, -0.05) is 13.8 Å². The minimum Gasteiger partial charge on any atom is -0.495 e. The second-order valence-corrected chi connectivity index (χ2v) is 11.4. The molecular formula is C27H32N6O7S. The molecule has 41 heavy (non-hydrogen) atoms. The average molecular weight is 585 g/mol. The third kappa shape index (κ3) is 6.18. The maximum Gasteiger partial charge on any atom is 0.356 e. The standard InChI is InChI=1S/C27H32N6O7S/c1-7-33(8-2)41(36,37)17-10-12-21(38-5)19(14-17)30-26-31-20(24(34)39-6)15-23(32-26)28-16-9-11-22-18(13-16)29-25(35)27(3,4)40-22/h9-15H,7-8H2,1-6H3,(H,29,35)(H2,28,30,31,32). The number of carbonyl (C=O) groups is 2. The highest BCUT2D eigenvalue weighted by atomic mass is 32.2. The predicted octanol–water partition coefficient (Wildman–Crippen LogP) is 3.90. The molecule has 1 aromatic heterocycles. The summed E-state index contributed by atoms with van der Waals surface area (Å²) in [7, 11) is -1.10. The number of benzene rings is 2. The van der Waals surface area contributed by atoms with Gasteiger partial charge in [0.2, 0.25) is 16.0 Å². The topological polar surface area (TPSA) is 161 Å². The van der Waals surface area contributed by atoms with Crippen molar-refractivity contribution in [3.63, 3.8) is 0 Å². The molecule has 3 aromatic rings. The van der Waals surface area contributed by atoms with Crippen molar-refractivity contribution in [2.24, 2.45) is 0 Å². The van der Waals surface area contributed by atoms with Crippen LogP contribution < -0.4 is 25.4 Å². The number of nitrogens with zero attached hydrogens (tertiary/aromatic N) is 3. The molecule has 0 atom stereocenters. The molecule has 0 spiro atoms. The first kappa shape index (κ1) is 29.6. The zero-order chi connectivity index (χ0) is 29.9. The number of amides is 1. The van der Waals surface area contributed by atoms with Gasteiger partial charge in [-0.15, -0.1) is 0 Å². The molecule has 0 saturated carbocycles. The van der Waals surface area contributed by atoms with Gasteiger partial charge in [0.1, 0.15) is 17.3 Å². The van der Waals surface area contributed by atoms with Gasteiger partial charge >= 0.3 is 5.97 Å². The van der Waals surface area contributed by atoms with Crippen LogP contribution in [-0.4, -0.2) is 67.5 Å². The molecule has 218 valence electrons. The van der Waals surface area contributed by atoms with Gasteiger partial charge in [-0.2, -0.15) is 9.29 Å². The lowest BCUT2D eigenvalue weighted by atomic mass is 10.1. The van der Waals surface area contributed by atoms with Crippen LogP contribution in [-0.2, 0) is 19.6 Å². The van der Waals surface area contributed by atoms with E-state index in [1.807, 2.05) is 0 Å². The Morgan fingerprint density at radius 1 is 1.05 bits per heavy atom. The number of methoxy groups -OCH3 is 2. The van der Waals surface area contributed by atoms with Crippen molar-refractivity contribution in [3.05, 3.63) is 48.2 Å². The molecule has 1 amide bonds. The van der Waals surface area contributed by atoms with E-state index < -0.39 is 21.6 Å². The van der Waals surface area contributed by atoms with Crippen LogP contribution in [0.1, 0.15) is 38.2 Å². The minimum absolute atomic E-state index is 0.0255. The average Bonchev–Trinajstić information content (AvgIpc) is 2.93. The molecule has 4 rings (SSSR count). The molecule has 0 unspecified atom stereocenters. The first-order valence-corrected chi connectivity index (χ1v) is 14.2. The van der Waals surface area contributed by atoms with Crippen LogP contribution >= 0.6 is 0 Å². The lowest BCUT2D eigenvalue weighted by Gasteiger charge is -2.31. The molecule has 13 nitrogen and oxygen atoms in total. The molecule has 2 aromatic carbocycles. The first-order valence-electron chi connectivity index (χ1n) is 12.8. The van der Waals surface area contributed by atoms with Crippen LogP contribution in [0.5, 0.6) is 11.5 Å². The van der Waals surface area contributed by atoms with Gasteiger partial charge in [-0.3, -0.25) is 4.79 Å². The van der Waals surface area contributed by atoms with Crippen molar-refractivity contribution in [1.82, 2.24) is 14.3 Å². The Hall–Kier alpha value is -4.43. The molecule has 3 N–H and O–H groups in total. The third-order valence-corrected chi connectivity index (χ3v) is 8.34. The maximum absolute atomic E-state index is 13.1. The van der Waals surface area contributed by atoms with Crippen LogP contribution in [0.15, 0.2) is 47.4 Å². The van der Waals surface area contributed by atoms with Crippen molar-refractivity contribution in [1.29, 1.82) is 0 Å². The molecule has 0 radical (unpaired) electrons. The highest BCUT2D eigenvalue weighted by Gasteiger charge is 2.35. The van der Waals surface area contributed by atoms with Crippen LogP contribution in [0.4, 0.5) is 28.8 Å². The quantitative estimate of drug-likeness (QED) is 0.296. The number of fused-ring (bicyclic) bond motifs is 1. The summed E-state index contributed by atoms with van der Waals surface area (Å²) < 4.78 is 43.6. The molecule has 14 heteroatoms. The van der Waals surface area contributed by atoms with Gasteiger partial charge in [-0.25, -0.2) is 18.2 Å². The zero-order valence-corrected chi connectivity index (χ0v) is 24.4. The number of aromatic nitrogens is 2. The summed E-state index contributed by atoms with van der Waals surface area (Å²) >= 11 is 0. The largest absolute Gasteiger partial charge is 0.495 e. The molecule has 0 saturated heterocycles. The van der Waals surface area contributed by atoms with Crippen molar-refractivity contribution in [2.45, 2.75) is 38.2 Å². The molecule has 1 aliphatic heterocycles. The summed E-state index contributed by atoms with van der Waals surface area (Å²) in [5, 5.41) is 8.87. The predicted molar refractivity (Wildman–Crippen MR) is 153 cm³/mol. The summed E-state index contributed by atoms with van der Waals surface area (Å²) in [6, 6.07) is 10.9. The number of hydrogen-bond donors (Lipinski definition) is 3. The smallest absolute Gasteiger partial charge is 0.356 e. The van der Waals surface area contributed by atoms with Crippen molar-refractivity contribution in [3.8, 4) is 11.5 Å². The van der Waals surface area contributed by atoms with Crippen molar-refractivity contribution < 1.29 is 32.2 Å². The maximum atomic E-state index is 13.1. The van der Waals surface area contributed by atoms with E-state index in [2.05, 4.69) is 25.9 Å². The number of sulfonamides is 1. The van der Waals surface area contributed by atoms with Crippen LogP contribution in [0.3, 0.4) is 0 Å². The molecule has 0 fully saturated rings. The van der Waals surface area contributed by atoms with Crippen molar-refractivity contribution >= 4 is 50.7 Å². The number of ether oxygens (including phenoxy) is 3. The Bertz CT molecular complexity index is 1590. The van der Waals surface area contributed by atoms with Gasteiger partial charge in [0.25, 0.3) is 5.91 Å². The Morgan fingerprint density at radius 3 is 2.44 bits per heavy atom. The second kappa shape index (κ2) is 11.6. The Morgan fingerprint density at radius 2 is 1.78 bits per heavy atom. The highest BCUT2D eigenvalue weighted by molar-refractivity contribution is 7.89. The fourth-order valence-corrected chi connectivity index (χ4v) is 5.58. The first-order chi connectivity index (χ1) is 19.4. The van der Waals surface area contributed by atoms with E-state index in [0.29, 0.717) is 36.0 Å². The summed E-state index contributed by atoms with van der Waals surface area (Å²) in [6.45, 7) is 7.48. The Balaban J connectivity index is 1.70. The molecule has 0 aliphatic carbocycles. The Labute approximate surface area is 238 Å². The van der Waals surface area contributed by atoms with E-state index in [1.54, 1.807) is 45.9 Å². The van der Waals surface area contributed by atoms with E-state index in [-0.39, 0.29) is 34.0 Å². The fourth-order valence-electron chi connectivity index (χ4n) is 4.09. The van der Waals surface area contributed by atoms with Gasteiger partial charge in [0, 0.05) is 24.8 Å². The van der Waals surface area contributed by atoms with Crippen LogP contribution in [0.2, 0.25) is 0 Å². The van der Waals surface area contributed by atoms with E-state index in [1.165, 1.54) is 42.8 Å². The minimum atomic E-state index is -3.76. The lowest BCUT2D eigenvalue weighted by molar-refractivity contribution is -0.129. The van der Waals surface area contributed by atoms with E-state index in [0.717, 1.165) is 0 Å². The van der Waals surface area contributed by atoms with E-state index >= 15 is 0 Å². The third-order valence-electron chi connectivity index (χ3n) is 6.29. The Kier molecular flexibility index (Phi) is 8.35. The summed E-state index contributed by atoms with van der Waals surface area (Å²) in [4.78, 5) is 33.5. The number of hydrogen-bond acceptors (Lipinski definition) is 11. The monoisotopic (exact) mass is 584 g/mol. The second-order valence-electron chi connectivity index (χ2n) is 9.43. The zero-order valence-electron chi connectivity index (χ0n) is 23.6. The highest BCUT2D eigenvalue weighted by Crippen LogP contribution is 2.36. The van der Waals surface area contributed by atoms with Gasteiger partial charge in [-0.05, 0) is 50.2 Å². The summed E-state index contributed by atoms with van der Waals surface area (Å²) in [5.74, 6) is 0.0320. The number of carbonyl (C=O) groups excluding carboxylic acids is 2. The number of rotatable bonds is 10. The van der Waals surface area contributed by atoms with Crippen LogP contribution in [0, 0.1) is 0 Å². The van der Waals surface area contributed by atoms with Crippen molar-refractivity contribution in [2.75, 3.05) is 43.3 Å². The number of anilines is 5. The normalized spacial score (nSPS) is 14.0. The van der Waals surface area contributed by atoms with Gasteiger partial charge in [0.05, 0.1) is 30.5 Å². The molecule has 2 heterocycles. The van der Waals surface area contributed by atoms with Gasteiger partial charge in [0.15, 0.2) is 11.3 Å². The summed E-state index contributed by atoms with van der Waals surface area (Å²) in [6.07, 6.45) is 0. The van der Waals surface area contributed by atoms with Crippen LogP contribution in [0.25, 0.3) is 0 Å². The number of esters is 1.